The van der Waals surface area contributed by atoms with Crippen molar-refractivity contribution < 1.29 is 14.3 Å². The quantitative estimate of drug-likeness (QED) is 0.770. The Hall–Kier alpha value is -1.60. The van der Waals surface area contributed by atoms with Crippen LogP contribution in [0.5, 0.6) is 0 Å². The van der Waals surface area contributed by atoms with Crippen LogP contribution in [0.3, 0.4) is 0 Å². The third-order valence-corrected chi connectivity index (χ3v) is 3.30. The number of nitrogens with two attached hydrogens (primary N) is 1. The van der Waals surface area contributed by atoms with Gasteiger partial charge in [-0.1, -0.05) is 0 Å². The lowest BCUT2D eigenvalue weighted by Gasteiger charge is -2.30. The number of esters is 1. The first-order valence-corrected chi connectivity index (χ1v) is 6.24. The minimum Gasteiger partial charge on any atom is -0.464 e. The molecule has 0 bridgehead atoms. The first-order valence-electron chi connectivity index (χ1n) is 6.24. The van der Waals surface area contributed by atoms with Gasteiger partial charge >= 0.3 is 5.97 Å². The number of aryl methyl sites for hydroxylation is 1. The van der Waals surface area contributed by atoms with Gasteiger partial charge in [0.15, 0.2) is 5.69 Å². The highest BCUT2D eigenvalue weighted by molar-refractivity contribution is 5.92. The summed E-state index contributed by atoms with van der Waals surface area (Å²) in [6.45, 7) is 4.88. The van der Waals surface area contributed by atoms with Gasteiger partial charge in [0.05, 0.1) is 26.4 Å². The molecule has 0 amide bonds. The number of nitrogens with zero attached hydrogens (tertiary/aromatic N) is 3. The maximum atomic E-state index is 11.5. The zero-order valence-electron chi connectivity index (χ0n) is 11.5. The summed E-state index contributed by atoms with van der Waals surface area (Å²) in [4.78, 5) is 17.9. The molecule has 0 radical (unpaired) electrons. The standard InChI is InChI=1S/C12H20N4O3/c1-8-14-10(12(17)18-3)11(13)16(8)7-9-6-15(2)4-5-19-9/h9H,4-7,13H2,1-3H3. The van der Waals surface area contributed by atoms with Crippen molar-refractivity contribution in [3.8, 4) is 0 Å². The number of aromatic nitrogens is 2. The van der Waals surface area contributed by atoms with E-state index in [1.807, 2.05) is 6.92 Å². The molecule has 1 unspecified atom stereocenters. The molecule has 1 aliphatic heterocycles. The summed E-state index contributed by atoms with van der Waals surface area (Å²) >= 11 is 0. The molecule has 0 aromatic carbocycles. The van der Waals surface area contributed by atoms with Gasteiger partial charge in [0.25, 0.3) is 0 Å². The molecule has 1 saturated heterocycles. The number of hydrogen-bond acceptors (Lipinski definition) is 6. The fraction of sp³-hybridized carbons (Fsp3) is 0.667. The normalized spacial score (nSPS) is 20.5. The summed E-state index contributed by atoms with van der Waals surface area (Å²) < 4.78 is 12.2. The van der Waals surface area contributed by atoms with Gasteiger partial charge in [-0.15, -0.1) is 0 Å². The van der Waals surface area contributed by atoms with Crippen molar-refractivity contribution >= 4 is 11.8 Å². The SMILES string of the molecule is COC(=O)c1nc(C)n(CC2CN(C)CCO2)c1N. The van der Waals surface area contributed by atoms with Crippen LogP contribution in [0.15, 0.2) is 0 Å². The van der Waals surface area contributed by atoms with E-state index in [0.29, 0.717) is 24.8 Å². The summed E-state index contributed by atoms with van der Waals surface area (Å²) in [5.74, 6) is 0.511. The average Bonchev–Trinajstić information content (AvgIpc) is 2.66. The van der Waals surface area contributed by atoms with E-state index in [2.05, 4.69) is 21.7 Å². The van der Waals surface area contributed by atoms with E-state index in [-0.39, 0.29) is 11.8 Å². The van der Waals surface area contributed by atoms with Crippen LogP contribution in [-0.2, 0) is 16.0 Å². The van der Waals surface area contributed by atoms with Gasteiger partial charge in [0.2, 0.25) is 0 Å². The van der Waals surface area contributed by atoms with Gasteiger partial charge in [0, 0.05) is 13.1 Å². The van der Waals surface area contributed by atoms with Crippen LogP contribution < -0.4 is 5.73 Å². The number of likely N-dealkylation sites (N-methyl/N-ethyl adjacent to an activating group) is 1. The van der Waals surface area contributed by atoms with Crippen LogP contribution in [0, 0.1) is 6.92 Å². The minimum absolute atomic E-state index is 0.0550. The Morgan fingerprint density at radius 3 is 3.00 bits per heavy atom. The molecule has 1 atom stereocenters. The fourth-order valence-corrected chi connectivity index (χ4v) is 2.24. The highest BCUT2D eigenvalue weighted by atomic mass is 16.5. The van der Waals surface area contributed by atoms with Crippen LogP contribution in [0.4, 0.5) is 5.82 Å². The summed E-state index contributed by atoms with van der Waals surface area (Å²) in [6, 6.07) is 0. The van der Waals surface area contributed by atoms with Gasteiger partial charge < -0.3 is 24.7 Å². The van der Waals surface area contributed by atoms with E-state index < -0.39 is 5.97 Å². The number of carbonyl (C=O) groups is 1. The number of nitrogen functional groups attached to an aromatic ring is 1. The van der Waals surface area contributed by atoms with E-state index in [0.717, 1.165) is 13.1 Å². The number of imidazole rings is 1. The average molecular weight is 268 g/mol. The Balaban J connectivity index is 2.16. The zero-order valence-corrected chi connectivity index (χ0v) is 11.5. The van der Waals surface area contributed by atoms with Crippen molar-refractivity contribution in [2.75, 3.05) is 39.6 Å². The molecule has 2 heterocycles. The third kappa shape index (κ3) is 2.87. The van der Waals surface area contributed by atoms with Crippen molar-refractivity contribution in [1.82, 2.24) is 14.5 Å². The van der Waals surface area contributed by atoms with E-state index in [4.69, 9.17) is 10.5 Å². The Morgan fingerprint density at radius 2 is 2.37 bits per heavy atom. The fourth-order valence-electron chi connectivity index (χ4n) is 2.24. The molecular weight excluding hydrogens is 248 g/mol. The molecule has 106 valence electrons. The number of carbonyl (C=O) groups excluding carboxylic acids is 1. The number of methoxy groups -OCH3 is 1. The third-order valence-electron chi connectivity index (χ3n) is 3.30. The lowest BCUT2D eigenvalue weighted by atomic mass is 10.2. The lowest BCUT2D eigenvalue weighted by molar-refractivity contribution is -0.0274. The molecule has 1 aromatic heterocycles. The number of morpholine rings is 1. The van der Waals surface area contributed by atoms with Crippen LogP contribution >= 0.6 is 0 Å². The molecule has 1 fully saturated rings. The van der Waals surface area contributed by atoms with Gasteiger partial charge in [0.1, 0.15) is 11.6 Å². The molecule has 1 aromatic rings. The minimum atomic E-state index is -0.513. The van der Waals surface area contributed by atoms with Gasteiger partial charge in [-0.05, 0) is 14.0 Å². The molecular formula is C12H20N4O3. The van der Waals surface area contributed by atoms with E-state index in [9.17, 15) is 4.79 Å². The van der Waals surface area contributed by atoms with E-state index in [1.54, 1.807) is 4.57 Å². The highest BCUT2D eigenvalue weighted by Gasteiger charge is 2.23. The highest BCUT2D eigenvalue weighted by Crippen LogP contribution is 2.17. The molecule has 7 heteroatoms. The molecule has 7 nitrogen and oxygen atoms in total. The van der Waals surface area contributed by atoms with Gasteiger partial charge in [-0.25, -0.2) is 9.78 Å². The topological polar surface area (TPSA) is 82.6 Å². The predicted octanol–water partition coefficient (Wildman–Crippen LogP) is -0.109. The second-order valence-corrected chi connectivity index (χ2v) is 4.75. The molecule has 19 heavy (non-hydrogen) atoms. The molecule has 2 N–H and O–H groups in total. The number of rotatable bonds is 3. The van der Waals surface area contributed by atoms with Crippen molar-refractivity contribution in [3.05, 3.63) is 11.5 Å². The molecule has 2 rings (SSSR count). The summed E-state index contributed by atoms with van der Waals surface area (Å²) in [5, 5.41) is 0. The van der Waals surface area contributed by atoms with Crippen LogP contribution in [0.2, 0.25) is 0 Å². The summed E-state index contributed by atoms with van der Waals surface area (Å²) in [7, 11) is 3.37. The molecule has 1 aliphatic rings. The van der Waals surface area contributed by atoms with Crippen LogP contribution in [-0.4, -0.2) is 60.4 Å². The first-order chi connectivity index (χ1) is 9.02. The summed E-state index contributed by atoms with van der Waals surface area (Å²) in [5.41, 5.74) is 6.13. The number of hydrogen-bond donors (Lipinski definition) is 1. The van der Waals surface area contributed by atoms with Crippen molar-refractivity contribution in [2.45, 2.75) is 19.6 Å². The van der Waals surface area contributed by atoms with Crippen molar-refractivity contribution in [3.63, 3.8) is 0 Å². The Labute approximate surface area is 112 Å². The maximum absolute atomic E-state index is 11.5. The molecule has 0 saturated carbocycles. The second-order valence-electron chi connectivity index (χ2n) is 4.75. The maximum Gasteiger partial charge on any atom is 0.360 e. The summed E-state index contributed by atoms with van der Waals surface area (Å²) in [6.07, 6.45) is 0.0550. The van der Waals surface area contributed by atoms with Crippen LogP contribution in [0.25, 0.3) is 0 Å². The number of ether oxygens (including phenoxy) is 2. The van der Waals surface area contributed by atoms with E-state index in [1.165, 1.54) is 7.11 Å². The first kappa shape index (κ1) is 13.8. The zero-order chi connectivity index (χ0) is 14.0. The monoisotopic (exact) mass is 268 g/mol. The van der Waals surface area contributed by atoms with E-state index >= 15 is 0 Å². The largest absolute Gasteiger partial charge is 0.464 e. The van der Waals surface area contributed by atoms with Crippen molar-refractivity contribution in [1.29, 1.82) is 0 Å². The molecule has 0 spiro atoms. The number of anilines is 1. The Bertz CT molecular complexity index is 472. The Morgan fingerprint density at radius 1 is 1.63 bits per heavy atom. The predicted molar refractivity (Wildman–Crippen MR) is 70.0 cm³/mol. The lowest BCUT2D eigenvalue weighted by Crippen LogP contribution is -2.42. The van der Waals surface area contributed by atoms with Gasteiger partial charge in [-0.2, -0.15) is 0 Å². The smallest absolute Gasteiger partial charge is 0.360 e. The Kier molecular flexibility index (Phi) is 4.06. The molecule has 0 aliphatic carbocycles. The van der Waals surface area contributed by atoms with Crippen molar-refractivity contribution in [2.24, 2.45) is 0 Å². The van der Waals surface area contributed by atoms with Gasteiger partial charge in [-0.3, -0.25) is 0 Å². The second kappa shape index (κ2) is 5.58. The van der Waals surface area contributed by atoms with Crippen LogP contribution in [0.1, 0.15) is 16.3 Å².